The molecule has 3 rings (SSSR count). The maximum atomic E-state index is 12.5. The molecule has 0 bridgehead atoms. The van der Waals surface area contributed by atoms with Gasteiger partial charge in [0.15, 0.2) is 5.82 Å². The van der Waals surface area contributed by atoms with Crippen LogP contribution < -0.4 is 5.32 Å². The van der Waals surface area contributed by atoms with Gasteiger partial charge in [0.1, 0.15) is 0 Å². The predicted octanol–water partition coefficient (Wildman–Crippen LogP) is 3.96. The van der Waals surface area contributed by atoms with E-state index in [1.165, 1.54) is 0 Å². The first-order valence-electron chi connectivity index (χ1n) is 8.27. The van der Waals surface area contributed by atoms with Gasteiger partial charge in [0.25, 0.3) is 17.3 Å². The van der Waals surface area contributed by atoms with Crippen molar-refractivity contribution in [3.05, 3.63) is 90.6 Å². The first-order valence-corrected chi connectivity index (χ1v) is 8.65. The molecule has 0 unspecified atom stereocenters. The third-order valence-corrected chi connectivity index (χ3v) is 4.31. The summed E-state index contributed by atoms with van der Waals surface area (Å²) in [6, 6.07) is 11.6. The van der Waals surface area contributed by atoms with Gasteiger partial charge in [-0.2, -0.15) is 5.10 Å². The number of amides is 1. The maximum absolute atomic E-state index is 12.5. The number of aryl methyl sites for hydroxylation is 1. The lowest BCUT2D eigenvalue weighted by Crippen LogP contribution is -2.13. The fraction of sp³-hybridized carbons (Fsp3) is 0.111. The largest absolute Gasteiger partial charge is 0.305 e. The minimum Gasteiger partial charge on any atom is -0.305 e. The molecular weight excluding hydrogens is 402 g/mol. The third kappa shape index (κ3) is 4.74. The van der Waals surface area contributed by atoms with Crippen LogP contribution in [-0.2, 0) is 6.54 Å². The minimum absolute atomic E-state index is 0.212. The minimum atomic E-state index is -0.797. The molecule has 1 N–H and O–H groups in total. The highest BCUT2D eigenvalue weighted by atomic mass is 35.5. The molecule has 0 spiro atoms. The summed E-state index contributed by atoms with van der Waals surface area (Å²) in [6.45, 7) is 2.25. The second-order valence-corrected chi connectivity index (χ2v) is 6.60. The highest BCUT2D eigenvalue weighted by Gasteiger charge is 2.20. The molecule has 0 saturated carbocycles. The predicted molar refractivity (Wildman–Crippen MR) is 105 cm³/mol. The fourth-order valence-corrected chi connectivity index (χ4v) is 2.75. The molecular formula is C18H14ClN5O5. The Morgan fingerprint density at radius 3 is 2.21 bits per heavy atom. The van der Waals surface area contributed by atoms with Crippen molar-refractivity contribution < 1.29 is 14.6 Å². The summed E-state index contributed by atoms with van der Waals surface area (Å²) in [4.78, 5) is 32.8. The van der Waals surface area contributed by atoms with Gasteiger partial charge in [-0.1, -0.05) is 23.7 Å². The monoisotopic (exact) mass is 415 g/mol. The number of halogens is 1. The molecule has 1 amide bonds. The molecule has 0 radical (unpaired) electrons. The van der Waals surface area contributed by atoms with Gasteiger partial charge in [-0.05, 0) is 24.6 Å². The smallest absolute Gasteiger partial charge is 0.277 e. The number of non-ortho nitro benzene ring substituents is 2. The summed E-state index contributed by atoms with van der Waals surface area (Å²) in [5.41, 5.74) is 0.409. The number of carbonyl (C=O) groups is 1. The van der Waals surface area contributed by atoms with E-state index >= 15 is 0 Å². The van der Waals surface area contributed by atoms with Crippen molar-refractivity contribution in [3.8, 4) is 0 Å². The number of aromatic nitrogens is 2. The number of carbonyl (C=O) groups excluding carboxylic acids is 1. The number of nitro benzene ring substituents is 2. The van der Waals surface area contributed by atoms with Gasteiger partial charge in [0.2, 0.25) is 0 Å². The Bertz CT molecular complexity index is 1080. The lowest BCUT2D eigenvalue weighted by Gasteiger charge is -2.05. The molecule has 1 aromatic heterocycles. The average molecular weight is 416 g/mol. The summed E-state index contributed by atoms with van der Waals surface area (Å²) in [5, 5.41) is 29.4. The number of anilines is 1. The van der Waals surface area contributed by atoms with Gasteiger partial charge in [-0.15, -0.1) is 0 Å². The van der Waals surface area contributed by atoms with E-state index in [9.17, 15) is 25.0 Å². The Hall–Kier alpha value is -3.79. The summed E-state index contributed by atoms with van der Waals surface area (Å²) in [5.74, 6) is -0.524. The van der Waals surface area contributed by atoms with E-state index < -0.39 is 27.1 Å². The van der Waals surface area contributed by atoms with Gasteiger partial charge >= 0.3 is 0 Å². The number of hydrogen-bond donors (Lipinski definition) is 1. The van der Waals surface area contributed by atoms with E-state index in [1.54, 1.807) is 29.8 Å². The summed E-state index contributed by atoms with van der Waals surface area (Å²) >= 11 is 5.87. The van der Waals surface area contributed by atoms with E-state index in [0.29, 0.717) is 11.6 Å². The van der Waals surface area contributed by atoms with Crippen LogP contribution in [-0.4, -0.2) is 25.5 Å². The number of nitrogens with one attached hydrogen (secondary N) is 1. The van der Waals surface area contributed by atoms with Crippen molar-refractivity contribution in [3.63, 3.8) is 0 Å². The van der Waals surface area contributed by atoms with Crippen molar-refractivity contribution in [1.29, 1.82) is 0 Å². The molecule has 0 aliphatic rings. The van der Waals surface area contributed by atoms with E-state index in [4.69, 9.17) is 11.6 Å². The molecule has 0 saturated heterocycles. The van der Waals surface area contributed by atoms with Gasteiger partial charge in [-0.25, -0.2) is 0 Å². The van der Waals surface area contributed by atoms with E-state index in [0.717, 1.165) is 29.5 Å². The highest BCUT2D eigenvalue weighted by Crippen LogP contribution is 2.23. The molecule has 11 heteroatoms. The zero-order valence-electron chi connectivity index (χ0n) is 15.0. The van der Waals surface area contributed by atoms with Crippen molar-refractivity contribution >= 4 is 34.7 Å². The van der Waals surface area contributed by atoms with Crippen molar-refractivity contribution in [2.45, 2.75) is 13.5 Å². The molecule has 0 aliphatic carbocycles. The van der Waals surface area contributed by atoms with Crippen LogP contribution in [0.2, 0.25) is 5.02 Å². The van der Waals surface area contributed by atoms with Gasteiger partial charge < -0.3 is 5.32 Å². The number of nitrogens with zero attached hydrogens (tertiary/aromatic N) is 4. The van der Waals surface area contributed by atoms with Crippen molar-refractivity contribution in [2.75, 3.05) is 5.32 Å². The molecule has 0 aliphatic heterocycles. The Morgan fingerprint density at radius 2 is 1.66 bits per heavy atom. The van der Waals surface area contributed by atoms with E-state index in [2.05, 4.69) is 10.4 Å². The Morgan fingerprint density at radius 1 is 1.07 bits per heavy atom. The summed E-state index contributed by atoms with van der Waals surface area (Å²) in [6.07, 6.45) is 0. The van der Waals surface area contributed by atoms with Gasteiger partial charge in [0.05, 0.1) is 28.0 Å². The molecule has 10 nitrogen and oxygen atoms in total. The van der Waals surface area contributed by atoms with Crippen LogP contribution in [0.25, 0.3) is 0 Å². The number of nitro groups is 2. The number of hydrogen-bond acceptors (Lipinski definition) is 6. The van der Waals surface area contributed by atoms with Crippen LogP contribution in [0.1, 0.15) is 21.6 Å². The van der Waals surface area contributed by atoms with Crippen LogP contribution in [0.3, 0.4) is 0 Å². The van der Waals surface area contributed by atoms with E-state index in [-0.39, 0.29) is 11.4 Å². The summed E-state index contributed by atoms with van der Waals surface area (Å²) < 4.78 is 1.66. The van der Waals surface area contributed by atoms with Crippen LogP contribution in [0.4, 0.5) is 17.2 Å². The topological polar surface area (TPSA) is 133 Å². The zero-order valence-corrected chi connectivity index (χ0v) is 15.8. The standard InChI is InChI=1S/C18H14ClN5O5/c1-11-6-17(21-22(11)10-12-2-4-14(19)5-3-12)20-18(25)13-7-15(23(26)27)9-16(8-13)24(28)29/h2-9H,10H2,1H3,(H,20,21,25). The second kappa shape index (κ2) is 8.07. The van der Waals surface area contributed by atoms with Gasteiger partial charge in [-0.3, -0.25) is 29.7 Å². The second-order valence-electron chi connectivity index (χ2n) is 6.16. The normalized spacial score (nSPS) is 10.6. The molecule has 0 atom stereocenters. The lowest BCUT2D eigenvalue weighted by atomic mass is 10.1. The molecule has 148 valence electrons. The lowest BCUT2D eigenvalue weighted by molar-refractivity contribution is -0.394. The highest BCUT2D eigenvalue weighted by molar-refractivity contribution is 6.30. The van der Waals surface area contributed by atoms with Crippen LogP contribution in [0, 0.1) is 27.2 Å². The molecule has 1 heterocycles. The number of rotatable bonds is 6. The quantitative estimate of drug-likeness (QED) is 0.478. The van der Waals surface area contributed by atoms with Crippen LogP contribution in [0.15, 0.2) is 48.5 Å². The Kier molecular flexibility index (Phi) is 5.55. The third-order valence-electron chi connectivity index (χ3n) is 4.05. The van der Waals surface area contributed by atoms with Crippen LogP contribution in [0.5, 0.6) is 0 Å². The van der Waals surface area contributed by atoms with Crippen molar-refractivity contribution in [2.24, 2.45) is 0 Å². The molecule has 29 heavy (non-hydrogen) atoms. The number of benzene rings is 2. The van der Waals surface area contributed by atoms with Crippen molar-refractivity contribution in [1.82, 2.24) is 9.78 Å². The molecule has 0 fully saturated rings. The first-order chi connectivity index (χ1) is 13.7. The maximum Gasteiger partial charge on any atom is 0.277 e. The fourth-order valence-electron chi connectivity index (χ4n) is 2.62. The van der Waals surface area contributed by atoms with Gasteiger partial charge in [0, 0.05) is 28.9 Å². The van der Waals surface area contributed by atoms with E-state index in [1.807, 2.05) is 12.1 Å². The summed E-state index contributed by atoms with van der Waals surface area (Å²) in [7, 11) is 0. The molecule has 2 aromatic carbocycles. The first kappa shape index (κ1) is 20.0. The Balaban J connectivity index is 1.81. The van der Waals surface area contributed by atoms with Crippen LogP contribution >= 0.6 is 11.6 Å². The average Bonchev–Trinajstić information content (AvgIpc) is 3.01. The molecule has 3 aromatic rings. The Labute approximate surface area is 169 Å². The zero-order chi connectivity index (χ0) is 21.1. The SMILES string of the molecule is Cc1cc(NC(=O)c2cc([N+](=O)[O-])cc([N+](=O)[O-])c2)nn1Cc1ccc(Cl)cc1.